The average Bonchev–Trinajstić information content (AvgIpc) is 2.80. The first-order valence-corrected chi connectivity index (χ1v) is 8.06. The van der Waals surface area contributed by atoms with Gasteiger partial charge in [-0.15, -0.1) is 0 Å². The van der Waals surface area contributed by atoms with Crippen LogP contribution in [0.4, 0.5) is 8.78 Å². The summed E-state index contributed by atoms with van der Waals surface area (Å²) in [7, 11) is 1.52. The van der Waals surface area contributed by atoms with Crippen molar-refractivity contribution in [2.24, 2.45) is 0 Å². The molecule has 132 valence electrons. The zero-order valence-electron chi connectivity index (χ0n) is 13.7. The summed E-state index contributed by atoms with van der Waals surface area (Å²) in [5.41, 5.74) is 0. The first-order chi connectivity index (χ1) is 11.5. The van der Waals surface area contributed by atoms with Crippen LogP contribution in [0.2, 0.25) is 0 Å². The molecule has 1 aromatic rings. The average molecular weight is 340 g/mol. The number of alkyl halides is 2. The lowest BCUT2D eigenvalue weighted by Gasteiger charge is -2.45. The van der Waals surface area contributed by atoms with Crippen LogP contribution in [0.3, 0.4) is 0 Å². The molecular weight excluding hydrogens is 318 g/mol. The molecule has 0 radical (unpaired) electrons. The van der Waals surface area contributed by atoms with Crippen LogP contribution >= 0.6 is 0 Å². The number of likely N-dealkylation sites (tertiary alicyclic amines) is 2. The van der Waals surface area contributed by atoms with Crippen molar-refractivity contribution >= 4 is 5.91 Å². The van der Waals surface area contributed by atoms with Gasteiger partial charge < -0.3 is 14.4 Å². The number of para-hydroxylation sites is 1. The van der Waals surface area contributed by atoms with E-state index in [2.05, 4.69) is 0 Å². The lowest BCUT2D eigenvalue weighted by molar-refractivity contribution is -0.141. The highest BCUT2D eigenvalue weighted by atomic mass is 19.3. The fourth-order valence-corrected chi connectivity index (χ4v) is 3.32. The number of ether oxygens (including phenoxy) is 2. The third-order valence-corrected chi connectivity index (χ3v) is 4.57. The third kappa shape index (κ3) is 3.84. The normalized spacial score (nSPS) is 24.0. The fraction of sp³-hybridized carbons (Fsp3) is 0.588. The number of benzene rings is 1. The standard InChI is InChI=1S/C17H22F2N2O3/c1-23-10-13-7-17(18,19)12-21(13)14-8-20(9-14)16(22)11-24-15-5-3-2-4-6-15/h2-6,13-14H,7-12H2,1H3/t13-/m0/s1. The van der Waals surface area contributed by atoms with Gasteiger partial charge in [0.1, 0.15) is 5.75 Å². The Labute approximate surface area is 140 Å². The quantitative estimate of drug-likeness (QED) is 0.789. The fourth-order valence-electron chi connectivity index (χ4n) is 3.32. The van der Waals surface area contributed by atoms with E-state index in [0.29, 0.717) is 18.8 Å². The maximum absolute atomic E-state index is 13.7. The van der Waals surface area contributed by atoms with Crippen LogP contribution in [0.25, 0.3) is 0 Å². The van der Waals surface area contributed by atoms with Gasteiger partial charge in [0.15, 0.2) is 6.61 Å². The van der Waals surface area contributed by atoms with E-state index in [1.165, 1.54) is 7.11 Å². The van der Waals surface area contributed by atoms with Crippen molar-refractivity contribution in [1.82, 2.24) is 9.80 Å². The summed E-state index contributed by atoms with van der Waals surface area (Å²) in [6, 6.07) is 8.80. The van der Waals surface area contributed by atoms with Gasteiger partial charge in [0, 0.05) is 38.7 Å². The van der Waals surface area contributed by atoms with Crippen LogP contribution in [0.5, 0.6) is 5.75 Å². The molecular formula is C17H22F2N2O3. The lowest BCUT2D eigenvalue weighted by atomic mass is 10.1. The first-order valence-electron chi connectivity index (χ1n) is 8.06. The molecule has 2 heterocycles. The summed E-state index contributed by atoms with van der Waals surface area (Å²) in [5.74, 6) is -2.16. The summed E-state index contributed by atoms with van der Waals surface area (Å²) < 4.78 is 37.8. The first kappa shape index (κ1) is 17.1. The predicted octanol–water partition coefficient (Wildman–Crippen LogP) is 1.63. The van der Waals surface area contributed by atoms with Gasteiger partial charge in [0.2, 0.25) is 0 Å². The second kappa shape index (κ2) is 7.03. The molecule has 2 aliphatic heterocycles. The Morgan fingerprint density at radius 1 is 1.29 bits per heavy atom. The maximum atomic E-state index is 13.7. The van der Waals surface area contributed by atoms with Crippen LogP contribution in [0, 0.1) is 0 Å². The number of nitrogens with zero attached hydrogens (tertiary/aromatic N) is 2. The Hall–Kier alpha value is -1.73. The predicted molar refractivity (Wildman–Crippen MR) is 84.2 cm³/mol. The number of halogens is 2. The Morgan fingerprint density at radius 2 is 2.00 bits per heavy atom. The monoisotopic (exact) mass is 340 g/mol. The van der Waals surface area contributed by atoms with Crippen LogP contribution in [-0.2, 0) is 9.53 Å². The molecule has 1 aromatic carbocycles. The van der Waals surface area contributed by atoms with Crippen molar-refractivity contribution in [3.63, 3.8) is 0 Å². The number of carbonyl (C=O) groups excluding carboxylic acids is 1. The van der Waals surface area contributed by atoms with E-state index >= 15 is 0 Å². The smallest absolute Gasteiger partial charge is 0.262 e. The summed E-state index contributed by atoms with van der Waals surface area (Å²) in [5, 5.41) is 0. The van der Waals surface area contributed by atoms with Gasteiger partial charge in [-0.2, -0.15) is 0 Å². The molecule has 0 unspecified atom stereocenters. The molecule has 0 saturated carbocycles. The number of hydrogen-bond acceptors (Lipinski definition) is 4. The minimum atomic E-state index is -2.68. The SMILES string of the molecule is COC[C@@H]1CC(F)(F)CN1C1CN(C(=O)COc2ccccc2)C1. The molecule has 24 heavy (non-hydrogen) atoms. The summed E-state index contributed by atoms with van der Waals surface area (Å²) in [6.07, 6.45) is -0.178. The summed E-state index contributed by atoms with van der Waals surface area (Å²) in [6.45, 7) is 0.931. The molecule has 5 nitrogen and oxygen atoms in total. The largest absolute Gasteiger partial charge is 0.484 e. The molecule has 3 rings (SSSR count). The van der Waals surface area contributed by atoms with E-state index < -0.39 is 5.92 Å². The van der Waals surface area contributed by atoms with Gasteiger partial charge >= 0.3 is 0 Å². The van der Waals surface area contributed by atoms with Crippen molar-refractivity contribution in [3.05, 3.63) is 30.3 Å². The van der Waals surface area contributed by atoms with E-state index in [1.807, 2.05) is 18.2 Å². The Bertz CT molecular complexity index is 564. The summed E-state index contributed by atoms with van der Waals surface area (Å²) in [4.78, 5) is 15.5. The Balaban J connectivity index is 1.47. The van der Waals surface area contributed by atoms with Gasteiger partial charge in [-0.1, -0.05) is 18.2 Å². The van der Waals surface area contributed by atoms with Crippen LogP contribution in [0.15, 0.2) is 30.3 Å². The van der Waals surface area contributed by atoms with E-state index in [4.69, 9.17) is 9.47 Å². The second-order valence-electron chi connectivity index (χ2n) is 6.40. The number of methoxy groups -OCH3 is 1. The Morgan fingerprint density at radius 3 is 2.67 bits per heavy atom. The molecule has 1 amide bonds. The lowest BCUT2D eigenvalue weighted by Crippen LogP contribution is -2.63. The van der Waals surface area contributed by atoms with E-state index in [-0.39, 0.29) is 44.2 Å². The number of carbonyl (C=O) groups is 1. The molecule has 0 aromatic heterocycles. The molecule has 2 fully saturated rings. The van der Waals surface area contributed by atoms with Gasteiger partial charge in [-0.3, -0.25) is 9.69 Å². The highest BCUT2D eigenvalue weighted by Gasteiger charge is 2.50. The van der Waals surface area contributed by atoms with E-state index in [9.17, 15) is 13.6 Å². The third-order valence-electron chi connectivity index (χ3n) is 4.57. The van der Waals surface area contributed by atoms with Gasteiger partial charge in [-0.05, 0) is 12.1 Å². The number of amides is 1. The van der Waals surface area contributed by atoms with Crippen LogP contribution < -0.4 is 4.74 Å². The molecule has 2 aliphatic rings. The van der Waals surface area contributed by atoms with E-state index in [0.717, 1.165) is 0 Å². The minimum Gasteiger partial charge on any atom is -0.484 e. The number of rotatable bonds is 6. The van der Waals surface area contributed by atoms with Gasteiger partial charge in [0.05, 0.1) is 13.2 Å². The van der Waals surface area contributed by atoms with Gasteiger partial charge in [-0.25, -0.2) is 8.78 Å². The molecule has 7 heteroatoms. The topological polar surface area (TPSA) is 42.0 Å². The number of hydrogen-bond donors (Lipinski definition) is 0. The van der Waals surface area contributed by atoms with Crippen molar-refractivity contribution < 1.29 is 23.0 Å². The van der Waals surface area contributed by atoms with Crippen molar-refractivity contribution in [2.45, 2.75) is 24.4 Å². The van der Waals surface area contributed by atoms with Crippen molar-refractivity contribution in [1.29, 1.82) is 0 Å². The molecule has 2 saturated heterocycles. The molecule has 0 aliphatic carbocycles. The highest BCUT2D eigenvalue weighted by Crippen LogP contribution is 2.35. The second-order valence-corrected chi connectivity index (χ2v) is 6.40. The minimum absolute atomic E-state index is 0.0285. The van der Waals surface area contributed by atoms with Crippen LogP contribution in [0.1, 0.15) is 6.42 Å². The van der Waals surface area contributed by atoms with E-state index in [1.54, 1.807) is 21.9 Å². The molecule has 0 N–H and O–H groups in total. The van der Waals surface area contributed by atoms with Gasteiger partial charge in [0.25, 0.3) is 11.8 Å². The molecule has 1 atom stereocenters. The zero-order chi connectivity index (χ0) is 17.2. The molecule has 0 bridgehead atoms. The zero-order valence-corrected chi connectivity index (χ0v) is 13.7. The molecule has 0 spiro atoms. The summed E-state index contributed by atoms with van der Waals surface area (Å²) >= 11 is 0. The Kier molecular flexibility index (Phi) is 5.01. The van der Waals surface area contributed by atoms with Crippen molar-refractivity contribution in [3.8, 4) is 5.75 Å². The maximum Gasteiger partial charge on any atom is 0.262 e. The van der Waals surface area contributed by atoms with Crippen molar-refractivity contribution in [2.75, 3.05) is 40.0 Å². The van der Waals surface area contributed by atoms with Crippen LogP contribution in [-0.4, -0.2) is 73.7 Å². The highest BCUT2D eigenvalue weighted by molar-refractivity contribution is 5.78.